The lowest BCUT2D eigenvalue weighted by Gasteiger charge is -2.29. The number of hydrogen-bond donors (Lipinski definition) is 2. The van der Waals surface area contributed by atoms with Gasteiger partial charge in [0, 0.05) is 11.0 Å². The van der Waals surface area contributed by atoms with Crippen LogP contribution in [0.5, 0.6) is 0 Å². The fourth-order valence-electron chi connectivity index (χ4n) is 1.85. The van der Waals surface area contributed by atoms with Gasteiger partial charge in [0.25, 0.3) is 0 Å². The molecule has 0 aromatic heterocycles. The minimum Gasteiger partial charge on any atom is -0.380 e. The standard InChI is InChI=1S/C10H11BrN2/c11-7-2-1-3-8-9(7)12-6-10(13-8)4-5-10/h1-3,12-13H,4-6H2. The molecule has 0 bridgehead atoms. The van der Waals surface area contributed by atoms with E-state index in [9.17, 15) is 0 Å². The van der Waals surface area contributed by atoms with Crippen LogP contribution < -0.4 is 10.6 Å². The molecule has 1 saturated carbocycles. The average molecular weight is 239 g/mol. The van der Waals surface area contributed by atoms with E-state index < -0.39 is 0 Å². The van der Waals surface area contributed by atoms with Crippen LogP contribution in [-0.4, -0.2) is 12.1 Å². The maximum Gasteiger partial charge on any atom is 0.0721 e. The molecule has 68 valence electrons. The second-order valence-corrected chi connectivity index (χ2v) is 4.78. The maximum absolute atomic E-state index is 3.60. The van der Waals surface area contributed by atoms with Crippen molar-refractivity contribution < 1.29 is 0 Å². The Bertz CT molecular complexity index is 358. The summed E-state index contributed by atoms with van der Waals surface area (Å²) in [5.74, 6) is 0. The first kappa shape index (κ1) is 7.68. The smallest absolute Gasteiger partial charge is 0.0721 e. The van der Waals surface area contributed by atoms with Gasteiger partial charge in [0.05, 0.1) is 16.9 Å². The predicted molar refractivity (Wildman–Crippen MR) is 58.2 cm³/mol. The third kappa shape index (κ3) is 1.14. The van der Waals surface area contributed by atoms with Crippen LogP contribution in [0.3, 0.4) is 0 Å². The van der Waals surface area contributed by atoms with E-state index in [-0.39, 0.29) is 0 Å². The summed E-state index contributed by atoms with van der Waals surface area (Å²) in [5.41, 5.74) is 2.83. The molecule has 0 saturated heterocycles. The van der Waals surface area contributed by atoms with Gasteiger partial charge in [-0.1, -0.05) is 6.07 Å². The number of fused-ring (bicyclic) bond motifs is 1. The van der Waals surface area contributed by atoms with Gasteiger partial charge >= 0.3 is 0 Å². The van der Waals surface area contributed by atoms with Gasteiger partial charge < -0.3 is 10.6 Å². The van der Waals surface area contributed by atoms with E-state index in [1.165, 1.54) is 24.2 Å². The fraction of sp³-hybridized carbons (Fsp3) is 0.400. The molecule has 1 aliphatic heterocycles. The Kier molecular flexibility index (Phi) is 1.42. The summed E-state index contributed by atoms with van der Waals surface area (Å²) in [6.45, 7) is 1.06. The molecule has 13 heavy (non-hydrogen) atoms. The SMILES string of the molecule is Brc1cccc2c1NCC1(CC1)N2. The summed E-state index contributed by atoms with van der Waals surface area (Å²) in [6.07, 6.45) is 2.60. The maximum atomic E-state index is 3.60. The second kappa shape index (κ2) is 2.41. The van der Waals surface area contributed by atoms with Gasteiger partial charge in [0.2, 0.25) is 0 Å². The number of halogens is 1. The van der Waals surface area contributed by atoms with Crippen LogP contribution in [0.1, 0.15) is 12.8 Å². The molecule has 1 fully saturated rings. The van der Waals surface area contributed by atoms with E-state index in [1.54, 1.807) is 0 Å². The first-order valence-electron chi connectivity index (χ1n) is 4.60. The van der Waals surface area contributed by atoms with Crippen molar-refractivity contribution in [2.24, 2.45) is 0 Å². The number of benzene rings is 1. The molecule has 3 heteroatoms. The third-order valence-corrected chi connectivity index (χ3v) is 3.53. The zero-order chi connectivity index (χ0) is 8.89. The normalized spacial score (nSPS) is 21.6. The number of nitrogens with one attached hydrogen (secondary N) is 2. The van der Waals surface area contributed by atoms with Crippen molar-refractivity contribution in [2.45, 2.75) is 18.4 Å². The van der Waals surface area contributed by atoms with Gasteiger partial charge in [0.15, 0.2) is 0 Å². The molecule has 0 unspecified atom stereocenters. The molecular weight excluding hydrogens is 228 g/mol. The third-order valence-electron chi connectivity index (χ3n) is 2.87. The van der Waals surface area contributed by atoms with Crippen LogP contribution in [0.15, 0.2) is 22.7 Å². The minimum atomic E-state index is 0.383. The summed E-state index contributed by atoms with van der Waals surface area (Å²) < 4.78 is 1.15. The highest BCUT2D eigenvalue weighted by atomic mass is 79.9. The Morgan fingerprint density at radius 1 is 1.31 bits per heavy atom. The van der Waals surface area contributed by atoms with Gasteiger partial charge in [-0.3, -0.25) is 0 Å². The number of hydrogen-bond acceptors (Lipinski definition) is 2. The summed E-state index contributed by atoms with van der Waals surface area (Å²) in [4.78, 5) is 0. The van der Waals surface area contributed by atoms with Crippen LogP contribution in [0, 0.1) is 0 Å². The molecule has 1 aromatic carbocycles. The summed E-state index contributed by atoms with van der Waals surface area (Å²) >= 11 is 3.54. The zero-order valence-corrected chi connectivity index (χ0v) is 8.82. The molecule has 3 rings (SSSR count). The van der Waals surface area contributed by atoms with Crippen molar-refractivity contribution in [3.05, 3.63) is 22.7 Å². The number of para-hydroxylation sites is 1. The lowest BCUT2D eigenvalue weighted by atomic mass is 10.1. The molecule has 2 aliphatic rings. The van der Waals surface area contributed by atoms with E-state index >= 15 is 0 Å². The van der Waals surface area contributed by atoms with E-state index in [1.807, 2.05) is 0 Å². The summed E-state index contributed by atoms with van der Waals surface area (Å²) in [7, 11) is 0. The highest BCUT2D eigenvalue weighted by molar-refractivity contribution is 9.10. The van der Waals surface area contributed by atoms with Gasteiger partial charge in [-0.25, -0.2) is 0 Å². The van der Waals surface area contributed by atoms with E-state index in [4.69, 9.17) is 0 Å². The quantitative estimate of drug-likeness (QED) is 0.727. The average Bonchev–Trinajstić information content (AvgIpc) is 2.85. The molecule has 0 radical (unpaired) electrons. The van der Waals surface area contributed by atoms with Crippen molar-refractivity contribution in [1.82, 2.24) is 0 Å². The molecule has 0 atom stereocenters. The van der Waals surface area contributed by atoms with Crippen LogP contribution >= 0.6 is 15.9 Å². The molecule has 2 nitrogen and oxygen atoms in total. The Morgan fingerprint density at radius 3 is 2.92 bits per heavy atom. The lowest BCUT2D eigenvalue weighted by Crippen LogP contribution is -2.34. The lowest BCUT2D eigenvalue weighted by molar-refractivity contribution is 0.754. The summed E-state index contributed by atoms with van der Waals surface area (Å²) in [5, 5.41) is 7.07. The van der Waals surface area contributed by atoms with Crippen LogP contribution in [-0.2, 0) is 0 Å². The van der Waals surface area contributed by atoms with Crippen molar-refractivity contribution in [1.29, 1.82) is 0 Å². The van der Waals surface area contributed by atoms with E-state index in [0.717, 1.165) is 11.0 Å². The molecule has 1 spiro atoms. The Hall–Kier alpha value is -0.700. The Balaban J connectivity index is 2.05. The Labute approximate surface area is 85.8 Å². The van der Waals surface area contributed by atoms with E-state index in [0.29, 0.717) is 5.54 Å². The molecule has 0 amide bonds. The Morgan fingerprint density at radius 2 is 2.15 bits per heavy atom. The summed E-state index contributed by atoms with van der Waals surface area (Å²) in [6, 6.07) is 6.27. The fourth-order valence-corrected chi connectivity index (χ4v) is 2.35. The highest BCUT2D eigenvalue weighted by Crippen LogP contribution is 2.45. The largest absolute Gasteiger partial charge is 0.380 e. The van der Waals surface area contributed by atoms with Crippen LogP contribution in [0.4, 0.5) is 11.4 Å². The topological polar surface area (TPSA) is 24.1 Å². The molecule has 1 aliphatic carbocycles. The van der Waals surface area contributed by atoms with Crippen molar-refractivity contribution in [3.8, 4) is 0 Å². The highest BCUT2D eigenvalue weighted by Gasteiger charge is 2.44. The van der Waals surface area contributed by atoms with Crippen molar-refractivity contribution >= 4 is 27.3 Å². The van der Waals surface area contributed by atoms with Crippen molar-refractivity contribution in [2.75, 3.05) is 17.2 Å². The first-order chi connectivity index (χ1) is 6.29. The van der Waals surface area contributed by atoms with Gasteiger partial charge in [-0.2, -0.15) is 0 Å². The molecule has 2 N–H and O–H groups in total. The van der Waals surface area contributed by atoms with Crippen molar-refractivity contribution in [3.63, 3.8) is 0 Å². The predicted octanol–water partition coefficient (Wildman–Crippen LogP) is 2.82. The molecule has 1 heterocycles. The molecular formula is C10H11BrN2. The van der Waals surface area contributed by atoms with E-state index in [2.05, 4.69) is 44.8 Å². The minimum absolute atomic E-state index is 0.383. The number of rotatable bonds is 0. The second-order valence-electron chi connectivity index (χ2n) is 3.92. The van der Waals surface area contributed by atoms with Gasteiger partial charge in [-0.05, 0) is 40.9 Å². The van der Waals surface area contributed by atoms with Gasteiger partial charge in [-0.15, -0.1) is 0 Å². The molecule has 1 aromatic rings. The van der Waals surface area contributed by atoms with Gasteiger partial charge in [0.1, 0.15) is 0 Å². The first-order valence-corrected chi connectivity index (χ1v) is 5.39. The van der Waals surface area contributed by atoms with Crippen LogP contribution in [0.2, 0.25) is 0 Å². The van der Waals surface area contributed by atoms with Crippen LogP contribution in [0.25, 0.3) is 0 Å². The monoisotopic (exact) mass is 238 g/mol. The zero-order valence-electron chi connectivity index (χ0n) is 7.23. The number of anilines is 2.